The number of ketones is 1. The van der Waals surface area contributed by atoms with Crippen LogP contribution in [-0.4, -0.2) is 29.6 Å². The molecule has 0 aliphatic rings. The molecule has 1 heterocycles. The fraction of sp³-hybridized carbons (Fsp3) is 0.304. The van der Waals surface area contributed by atoms with E-state index in [1.165, 1.54) is 0 Å². The van der Waals surface area contributed by atoms with Gasteiger partial charge in [0.25, 0.3) is 0 Å². The summed E-state index contributed by atoms with van der Waals surface area (Å²) < 4.78 is 5.23. The molecule has 0 amide bonds. The summed E-state index contributed by atoms with van der Waals surface area (Å²) in [6.07, 6.45) is 2.05. The molecule has 1 unspecified atom stereocenters. The molecule has 0 fully saturated rings. The van der Waals surface area contributed by atoms with E-state index in [9.17, 15) is 9.90 Å². The summed E-state index contributed by atoms with van der Waals surface area (Å²) in [5.41, 5.74) is 2.97. The first-order chi connectivity index (χ1) is 14.1. The molecule has 3 aromatic rings. The third-order valence-corrected chi connectivity index (χ3v) is 6.02. The van der Waals surface area contributed by atoms with Crippen molar-refractivity contribution in [2.24, 2.45) is 0 Å². The molecule has 0 spiro atoms. The van der Waals surface area contributed by atoms with Gasteiger partial charge in [-0.2, -0.15) is 0 Å². The molecular weight excluding hydrogens is 406 g/mol. The first-order valence-corrected chi connectivity index (χ1v) is 10.8. The van der Waals surface area contributed by atoms with Crippen molar-refractivity contribution in [2.45, 2.75) is 31.6 Å². The van der Waals surface area contributed by atoms with Gasteiger partial charge < -0.3 is 9.84 Å². The molecule has 1 aromatic heterocycles. The van der Waals surface area contributed by atoms with E-state index in [4.69, 9.17) is 16.3 Å². The first-order valence-electron chi connectivity index (χ1n) is 9.51. The van der Waals surface area contributed by atoms with Crippen LogP contribution in [0.25, 0.3) is 0 Å². The summed E-state index contributed by atoms with van der Waals surface area (Å²) in [6, 6.07) is 15.3. The molecule has 0 saturated heterocycles. The van der Waals surface area contributed by atoms with Crippen LogP contribution in [0.1, 0.15) is 34.2 Å². The molecule has 4 nitrogen and oxygen atoms in total. The third kappa shape index (κ3) is 6.39. The standard InChI is InChI=1S/C23H24ClNO3S/c1-28-22-8-4-16(5-9-22)12-18(23-25-20(10-11-26)15-29-23)14-21(27)13-17-2-6-19(24)7-3-17/h2-9,15,18,26H,10-14H2,1H3. The molecule has 3 rings (SSSR count). The molecule has 0 aliphatic heterocycles. The number of halogens is 1. The number of aliphatic hydroxyl groups excluding tert-OH is 1. The zero-order valence-electron chi connectivity index (χ0n) is 16.3. The Hall–Kier alpha value is -2.21. The summed E-state index contributed by atoms with van der Waals surface area (Å²) >= 11 is 7.49. The highest BCUT2D eigenvalue weighted by Crippen LogP contribution is 2.29. The molecule has 0 radical (unpaired) electrons. The second-order valence-corrected chi connectivity index (χ2v) is 8.27. The lowest BCUT2D eigenvalue weighted by atomic mass is 9.92. The molecule has 0 aliphatic carbocycles. The fourth-order valence-electron chi connectivity index (χ4n) is 3.21. The maximum atomic E-state index is 12.8. The van der Waals surface area contributed by atoms with Crippen LogP contribution in [-0.2, 0) is 24.1 Å². The van der Waals surface area contributed by atoms with Crippen LogP contribution in [0.3, 0.4) is 0 Å². The molecule has 29 heavy (non-hydrogen) atoms. The minimum Gasteiger partial charge on any atom is -0.497 e. The Bertz CT molecular complexity index is 922. The van der Waals surface area contributed by atoms with Crippen molar-refractivity contribution in [2.75, 3.05) is 13.7 Å². The number of hydrogen-bond acceptors (Lipinski definition) is 5. The van der Waals surface area contributed by atoms with Gasteiger partial charge in [0, 0.05) is 42.2 Å². The van der Waals surface area contributed by atoms with E-state index in [0.29, 0.717) is 24.3 Å². The van der Waals surface area contributed by atoms with Crippen molar-refractivity contribution in [1.29, 1.82) is 0 Å². The second kappa shape index (κ2) is 10.5. The largest absolute Gasteiger partial charge is 0.497 e. The van der Waals surface area contributed by atoms with Crippen LogP contribution in [0, 0.1) is 0 Å². The van der Waals surface area contributed by atoms with Crippen LogP contribution in [0.2, 0.25) is 5.02 Å². The number of benzene rings is 2. The summed E-state index contributed by atoms with van der Waals surface area (Å²) in [7, 11) is 1.64. The van der Waals surface area contributed by atoms with Gasteiger partial charge in [-0.1, -0.05) is 35.9 Å². The van der Waals surface area contributed by atoms with Gasteiger partial charge in [0.2, 0.25) is 0 Å². The minimum absolute atomic E-state index is 0.000591. The van der Waals surface area contributed by atoms with Gasteiger partial charge in [0.1, 0.15) is 11.5 Å². The van der Waals surface area contributed by atoms with Crippen molar-refractivity contribution in [3.8, 4) is 5.75 Å². The molecule has 6 heteroatoms. The van der Waals surface area contributed by atoms with Gasteiger partial charge in [-0.25, -0.2) is 4.98 Å². The molecule has 0 saturated carbocycles. The monoisotopic (exact) mass is 429 g/mol. The van der Waals surface area contributed by atoms with Crippen LogP contribution in [0.5, 0.6) is 5.75 Å². The Morgan fingerprint density at radius 2 is 1.83 bits per heavy atom. The highest BCUT2D eigenvalue weighted by Gasteiger charge is 2.20. The Morgan fingerprint density at radius 3 is 2.48 bits per heavy atom. The number of hydrogen-bond donors (Lipinski definition) is 1. The van der Waals surface area contributed by atoms with Crippen molar-refractivity contribution in [1.82, 2.24) is 4.98 Å². The number of aliphatic hydroxyl groups is 1. The maximum absolute atomic E-state index is 12.8. The lowest BCUT2D eigenvalue weighted by Crippen LogP contribution is -2.12. The quantitative estimate of drug-likeness (QED) is 0.499. The Morgan fingerprint density at radius 1 is 1.14 bits per heavy atom. The molecule has 152 valence electrons. The Kier molecular flexibility index (Phi) is 7.81. The summed E-state index contributed by atoms with van der Waals surface area (Å²) in [5, 5.41) is 12.7. The van der Waals surface area contributed by atoms with E-state index in [2.05, 4.69) is 4.98 Å². The van der Waals surface area contributed by atoms with E-state index in [1.54, 1.807) is 30.6 Å². The number of carbonyl (C=O) groups is 1. The molecule has 2 aromatic carbocycles. The number of nitrogens with zero attached hydrogens (tertiary/aromatic N) is 1. The highest BCUT2D eigenvalue weighted by atomic mass is 35.5. The Labute approximate surface area is 180 Å². The Balaban J connectivity index is 1.75. The zero-order valence-corrected chi connectivity index (χ0v) is 17.9. The van der Waals surface area contributed by atoms with Crippen molar-refractivity contribution >= 4 is 28.7 Å². The fourth-order valence-corrected chi connectivity index (χ4v) is 4.29. The van der Waals surface area contributed by atoms with Gasteiger partial charge >= 0.3 is 0 Å². The van der Waals surface area contributed by atoms with Gasteiger partial charge in [0.15, 0.2) is 0 Å². The summed E-state index contributed by atoms with van der Waals surface area (Å²) in [5.74, 6) is 0.981. The molecule has 1 atom stereocenters. The highest BCUT2D eigenvalue weighted by molar-refractivity contribution is 7.09. The van der Waals surface area contributed by atoms with E-state index >= 15 is 0 Å². The lowest BCUT2D eigenvalue weighted by Gasteiger charge is -2.15. The zero-order chi connectivity index (χ0) is 20.6. The van der Waals surface area contributed by atoms with Crippen LogP contribution in [0.15, 0.2) is 53.9 Å². The predicted octanol–water partition coefficient (Wildman–Crippen LogP) is 4.87. The van der Waals surface area contributed by atoms with Crippen molar-refractivity contribution in [3.63, 3.8) is 0 Å². The van der Waals surface area contributed by atoms with Gasteiger partial charge in [-0.15, -0.1) is 11.3 Å². The average molecular weight is 430 g/mol. The van der Waals surface area contributed by atoms with Crippen molar-refractivity contribution < 1.29 is 14.6 Å². The minimum atomic E-state index is 0.000591. The number of thiazole rings is 1. The maximum Gasteiger partial charge on any atom is 0.137 e. The van der Waals surface area contributed by atoms with Gasteiger partial charge in [-0.05, 0) is 41.8 Å². The van der Waals surface area contributed by atoms with E-state index < -0.39 is 0 Å². The molecule has 0 bridgehead atoms. The van der Waals surface area contributed by atoms with E-state index in [1.807, 2.05) is 41.8 Å². The van der Waals surface area contributed by atoms with Crippen LogP contribution >= 0.6 is 22.9 Å². The number of carbonyl (C=O) groups excluding carboxylic acids is 1. The first kappa shape index (κ1) is 21.5. The predicted molar refractivity (Wildman–Crippen MR) is 117 cm³/mol. The average Bonchev–Trinajstić information content (AvgIpc) is 3.19. The van der Waals surface area contributed by atoms with Crippen LogP contribution < -0.4 is 4.74 Å². The molecular formula is C23H24ClNO3S. The number of rotatable bonds is 10. The topological polar surface area (TPSA) is 59.4 Å². The normalized spacial score (nSPS) is 12.0. The number of methoxy groups -OCH3 is 1. The van der Waals surface area contributed by atoms with E-state index in [-0.39, 0.29) is 18.3 Å². The molecule has 1 N–H and O–H groups in total. The lowest BCUT2D eigenvalue weighted by molar-refractivity contribution is -0.118. The van der Waals surface area contributed by atoms with Crippen LogP contribution in [0.4, 0.5) is 0 Å². The van der Waals surface area contributed by atoms with Crippen molar-refractivity contribution in [3.05, 3.63) is 80.8 Å². The number of Topliss-reactive ketones (excluding diaryl/α,β-unsaturated/α-hetero) is 1. The summed E-state index contributed by atoms with van der Waals surface area (Å²) in [4.78, 5) is 17.5. The SMILES string of the molecule is COc1ccc(CC(CC(=O)Cc2ccc(Cl)cc2)c2nc(CCO)cs2)cc1. The third-order valence-electron chi connectivity index (χ3n) is 4.72. The number of aromatic nitrogens is 1. The number of ether oxygens (including phenoxy) is 1. The van der Waals surface area contributed by atoms with Gasteiger partial charge in [0.05, 0.1) is 17.8 Å². The van der Waals surface area contributed by atoms with E-state index in [0.717, 1.165) is 34.0 Å². The second-order valence-electron chi connectivity index (χ2n) is 6.95. The van der Waals surface area contributed by atoms with Gasteiger partial charge in [-0.3, -0.25) is 4.79 Å². The smallest absolute Gasteiger partial charge is 0.137 e. The summed E-state index contributed by atoms with van der Waals surface area (Å²) in [6.45, 7) is 0.0712.